The van der Waals surface area contributed by atoms with Crippen LogP contribution in [-0.4, -0.2) is 46.4 Å². The van der Waals surface area contributed by atoms with Gasteiger partial charge in [0.1, 0.15) is 0 Å². The molecule has 0 aromatic rings. The summed E-state index contributed by atoms with van der Waals surface area (Å²) in [6, 6.07) is -0.354. The quantitative estimate of drug-likeness (QED) is 0.317. The van der Waals surface area contributed by atoms with Crippen molar-refractivity contribution >= 4 is 23.5 Å². The van der Waals surface area contributed by atoms with Gasteiger partial charge < -0.3 is 15.8 Å². The molecule has 0 bridgehead atoms. The number of hydrogen-bond acceptors (Lipinski definition) is 4. The first-order valence-corrected chi connectivity index (χ1v) is 6.05. The van der Waals surface area contributed by atoms with E-state index in [1.165, 1.54) is 0 Å². The molecule has 0 aliphatic carbocycles. The average Bonchev–Trinajstić information content (AvgIpc) is 2.78. The van der Waals surface area contributed by atoms with Crippen molar-refractivity contribution in [2.45, 2.75) is 19.4 Å². The Morgan fingerprint density at radius 1 is 1.73 bits per heavy atom. The predicted octanol–water partition coefficient (Wildman–Crippen LogP) is 0.333. The number of amidine groups is 1. The van der Waals surface area contributed by atoms with Crippen molar-refractivity contribution in [3.63, 3.8) is 0 Å². The predicted molar refractivity (Wildman–Crippen MR) is 61.1 cm³/mol. The van der Waals surface area contributed by atoms with Crippen LogP contribution in [0.1, 0.15) is 13.3 Å². The molecule has 2 atom stereocenters. The Labute approximate surface area is 93.7 Å². The monoisotopic (exact) mass is 231 g/mol. The first-order chi connectivity index (χ1) is 7.07. The van der Waals surface area contributed by atoms with Crippen molar-refractivity contribution in [2.24, 2.45) is 16.8 Å². The number of carbonyl (C=O) groups is 1. The van der Waals surface area contributed by atoms with E-state index in [0.717, 1.165) is 17.9 Å². The highest BCUT2D eigenvalue weighted by Crippen LogP contribution is 2.25. The van der Waals surface area contributed by atoms with Crippen molar-refractivity contribution in [1.82, 2.24) is 4.90 Å². The van der Waals surface area contributed by atoms with E-state index in [2.05, 4.69) is 5.16 Å². The molecule has 0 aromatic heterocycles. The SMILES string of the molecule is CC(C(N)=NO)N(C)C(=O)C1CCSC1. The van der Waals surface area contributed by atoms with Crippen LogP contribution in [0.15, 0.2) is 5.16 Å². The standard InChI is InChI=1S/C9H17N3O2S/c1-6(8(10)11-14)12(2)9(13)7-3-4-15-5-7/h6-7,14H,3-5H2,1-2H3,(H2,10,11). The van der Waals surface area contributed by atoms with Gasteiger partial charge in [-0.2, -0.15) is 11.8 Å². The van der Waals surface area contributed by atoms with Crippen molar-refractivity contribution < 1.29 is 10.0 Å². The summed E-state index contributed by atoms with van der Waals surface area (Å²) in [6.45, 7) is 1.75. The summed E-state index contributed by atoms with van der Waals surface area (Å²) in [5.41, 5.74) is 5.45. The Kier molecular flexibility index (Phi) is 4.26. The van der Waals surface area contributed by atoms with Crippen LogP contribution in [0, 0.1) is 5.92 Å². The molecule has 6 heteroatoms. The molecule has 2 unspecified atom stereocenters. The van der Waals surface area contributed by atoms with Crippen molar-refractivity contribution in [3.8, 4) is 0 Å². The van der Waals surface area contributed by atoms with Gasteiger partial charge in [0.05, 0.1) is 6.04 Å². The fourth-order valence-corrected chi connectivity index (χ4v) is 2.70. The molecule has 1 saturated heterocycles. The molecule has 86 valence electrons. The Balaban J connectivity index is 2.58. The molecule has 1 amide bonds. The van der Waals surface area contributed by atoms with E-state index in [1.54, 1.807) is 30.6 Å². The van der Waals surface area contributed by atoms with Gasteiger partial charge >= 0.3 is 0 Å². The minimum Gasteiger partial charge on any atom is -0.409 e. The van der Waals surface area contributed by atoms with E-state index in [1.807, 2.05) is 0 Å². The van der Waals surface area contributed by atoms with Gasteiger partial charge in [-0.1, -0.05) is 5.16 Å². The van der Waals surface area contributed by atoms with Crippen molar-refractivity contribution in [2.75, 3.05) is 18.6 Å². The van der Waals surface area contributed by atoms with Gasteiger partial charge in [0, 0.05) is 18.7 Å². The number of amides is 1. The summed E-state index contributed by atoms with van der Waals surface area (Å²) in [7, 11) is 1.69. The van der Waals surface area contributed by atoms with Gasteiger partial charge in [-0.15, -0.1) is 0 Å². The minimum absolute atomic E-state index is 0.0662. The van der Waals surface area contributed by atoms with Crippen LogP contribution in [0.3, 0.4) is 0 Å². The van der Waals surface area contributed by atoms with Gasteiger partial charge in [-0.3, -0.25) is 4.79 Å². The van der Waals surface area contributed by atoms with Crippen LogP contribution in [0.5, 0.6) is 0 Å². The third-order valence-corrected chi connectivity index (χ3v) is 3.91. The highest BCUT2D eigenvalue weighted by atomic mass is 32.2. The third kappa shape index (κ3) is 2.77. The number of carbonyl (C=O) groups excluding carboxylic acids is 1. The average molecular weight is 231 g/mol. The highest BCUT2D eigenvalue weighted by molar-refractivity contribution is 7.99. The minimum atomic E-state index is -0.354. The smallest absolute Gasteiger partial charge is 0.226 e. The van der Waals surface area contributed by atoms with Gasteiger partial charge in [-0.25, -0.2) is 0 Å². The number of rotatable bonds is 3. The molecule has 0 spiro atoms. The van der Waals surface area contributed by atoms with Gasteiger partial charge in [-0.05, 0) is 19.1 Å². The van der Waals surface area contributed by atoms with Gasteiger partial charge in [0.25, 0.3) is 0 Å². The molecule has 15 heavy (non-hydrogen) atoms. The number of oxime groups is 1. The summed E-state index contributed by atoms with van der Waals surface area (Å²) >= 11 is 1.80. The zero-order valence-corrected chi connectivity index (χ0v) is 9.83. The lowest BCUT2D eigenvalue weighted by atomic mass is 10.1. The van der Waals surface area contributed by atoms with E-state index in [4.69, 9.17) is 10.9 Å². The normalized spacial score (nSPS) is 23.9. The molecule has 1 fully saturated rings. The number of likely N-dealkylation sites (N-methyl/N-ethyl adjacent to an activating group) is 1. The molecular weight excluding hydrogens is 214 g/mol. The fraction of sp³-hybridized carbons (Fsp3) is 0.778. The second-order valence-corrected chi connectivity index (χ2v) is 4.86. The molecule has 0 radical (unpaired) electrons. The number of hydrogen-bond donors (Lipinski definition) is 2. The second-order valence-electron chi connectivity index (χ2n) is 3.71. The first kappa shape index (κ1) is 12.2. The summed E-state index contributed by atoms with van der Waals surface area (Å²) in [5.74, 6) is 2.17. The molecule has 0 aromatic carbocycles. The fourth-order valence-electron chi connectivity index (χ4n) is 1.49. The van der Waals surface area contributed by atoms with Crippen molar-refractivity contribution in [1.29, 1.82) is 0 Å². The maximum absolute atomic E-state index is 11.9. The molecule has 3 N–H and O–H groups in total. The van der Waals surface area contributed by atoms with E-state index in [0.29, 0.717) is 0 Å². The summed E-state index contributed by atoms with van der Waals surface area (Å²) in [4.78, 5) is 13.5. The molecule has 0 saturated carbocycles. The lowest BCUT2D eigenvalue weighted by Crippen LogP contribution is -2.46. The maximum atomic E-state index is 11.9. The van der Waals surface area contributed by atoms with Crippen LogP contribution in [0.4, 0.5) is 0 Å². The largest absolute Gasteiger partial charge is 0.409 e. The third-order valence-electron chi connectivity index (χ3n) is 2.75. The zero-order chi connectivity index (χ0) is 11.4. The first-order valence-electron chi connectivity index (χ1n) is 4.89. The van der Waals surface area contributed by atoms with Crippen LogP contribution >= 0.6 is 11.8 Å². The Morgan fingerprint density at radius 2 is 2.40 bits per heavy atom. The topological polar surface area (TPSA) is 78.9 Å². The lowest BCUT2D eigenvalue weighted by molar-refractivity contribution is -0.134. The van der Waals surface area contributed by atoms with Crippen LogP contribution in [0.2, 0.25) is 0 Å². The lowest BCUT2D eigenvalue weighted by Gasteiger charge is -2.26. The Morgan fingerprint density at radius 3 is 2.87 bits per heavy atom. The Hall–Kier alpha value is -0.910. The van der Waals surface area contributed by atoms with Crippen LogP contribution in [0.25, 0.3) is 0 Å². The van der Waals surface area contributed by atoms with E-state index in [9.17, 15) is 4.79 Å². The highest BCUT2D eigenvalue weighted by Gasteiger charge is 2.29. The number of nitrogens with two attached hydrogens (primary N) is 1. The molecule has 1 aliphatic rings. The van der Waals surface area contributed by atoms with Crippen LogP contribution in [-0.2, 0) is 4.79 Å². The van der Waals surface area contributed by atoms with Gasteiger partial charge in [0.2, 0.25) is 5.91 Å². The molecular formula is C9H17N3O2S. The van der Waals surface area contributed by atoms with E-state index in [-0.39, 0.29) is 23.7 Å². The van der Waals surface area contributed by atoms with Crippen LogP contribution < -0.4 is 5.73 Å². The van der Waals surface area contributed by atoms with Crippen molar-refractivity contribution in [3.05, 3.63) is 0 Å². The summed E-state index contributed by atoms with van der Waals surface area (Å²) < 4.78 is 0. The molecule has 1 rings (SSSR count). The summed E-state index contributed by atoms with van der Waals surface area (Å²) in [5, 5.41) is 11.4. The number of thioether (sulfide) groups is 1. The summed E-state index contributed by atoms with van der Waals surface area (Å²) in [6.07, 6.45) is 0.927. The number of nitrogens with zero attached hydrogens (tertiary/aromatic N) is 2. The molecule has 5 nitrogen and oxygen atoms in total. The maximum Gasteiger partial charge on any atom is 0.226 e. The van der Waals surface area contributed by atoms with E-state index >= 15 is 0 Å². The Bertz CT molecular complexity index is 264. The molecule has 1 heterocycles. The second kappa shape index (κ2) is 5.25. The molecule has 1 aliphatic heterocycles. The van der Waals surface area contributed by atoms with Gasteiger partial charge in [0.15, 0.2) is 5.84 Å². The zero-order valence-electron chi connectivity index (χ0n) is 9.01. The van der Waals surface area contributed by atoms with E-state index < -0.39 is 0 Å².